The fourth-order valence-corrected chi connectivity index (χ4v) is 3.97. The summed E-state index contributed by atoms with van der Waals surface area (Å²) >= 11 is 1.29. The summed E-state index contributed by atoms with van der Waals surface area (Å²) in [4.78, 5) is 24.0. The van der Waals surface area contributed by atoms with Gasteiger partial charge in [-0.3, -0.25) is 14.2 Å². The lowest BCUT2D eigenvalue weighted by Crippen LogP contribution is -2.14. The van der Waals surface area contributed by atoms with Crippen molar-refractivity contribution in [1.82, 2.24) is 14.8 Å². The molecular formula is C25H22N4O3S. The smallest absolute Gasteiger partial charge is 0.234 e. The zero-order valence-corrected chi connectivity index (χ0v) is 19.0. The largest absolute Gasteiger partial charge is 0.497 e. The molecule has 1 aromatic heterocycles. The van der Waals surface area contributed by atoms with Crippen molar-refractivity contribution < 1.29 is 14.3 Å². The van der Waals surface area contributed by atoms with Crippen LogP contribution in [-0.4, -0.2) is 39.3 Å². The molecule has 0 spiro atoms. The van der Waals surface area contributed by atoms with Crippen LogP contribution in [0, 0.1) is 0 Å². The van der Waals surface area contributed by atoms with Gasteiger partial charge in [0, 0.05) is 22.5 Å². The Bertz CT molecular complexity index is 1250. The lowest BCUT2D eigenvalue weighted by molar-refractivity contribution is -0.113. The topological polar surface area (TPSA) is 86.1 Å². The van der Waals surface area contributed by atoms with Gasteiger partial charge in [-0.1, -0.05) is 42.1 Å². The minimum atomic E-state index is -0.180. The maximum Gasteiger partial charge on any atom is 0.234 e. The van der Waals surface area contributed by atoms with Gasteiger partial charge in [0.25, 0.3) is 0 Å². The Morgan fingerprint density at radius 3 is 2.27 bits per heavy atom. The number of ether oxygens (including phenoxy) is 1. The molecule has 0 bridgehead atoms. The third kappa shape index (κ3) is 5.30. The minimum absolute atomic E-state index is 0.0180. The van der Waals surface area contributed by atoms with E-state index in [0.29, 0.717) is 22.2 Å². The van der Waals surface area contributed by atoms with E-state index < -0.39 is 0 Å². The molecule has 7 nitrogen and oxygen atoms in total. The lowest BCUT2D eigenvalue weighted by Gasteiger charge is -2.11. The Morgan fingerprint density at radius 2 is 1.64 bits per heavy atom. The van der Waals surface area contributed by atoms with Crippen LogP contribution in [0.4, 0.5) is 5.69 Å². The van der Waals surface area contributed by atoms with Crippen LogP contribution in [0.3, 0.4) is 0 Å². The highest BCUT2D eigenvalue weighted by Gasteiger charge is 2.17. The number of ketones is 1. The van der Waals surface area contributed by atoms with E-state index in [-0.39, 0.29) is 17.4 Å². The zero-order valence-electron chi connectivity index (χ0n) is 18.2. The van der Waals surface area contributed by atoms with Crippen molar-refractivity contribution in [2.45, 2.75) is 12.1 Å². The van der Waals surface area contributed by atoms with Crippen LogP contribution in [0.5, 0.6) is 5.75 Å². The Hall–Kier alpha value is -3.91. The molecule has 166 valence electrons. The van der Waals surface area contributed by atoms with Crippen molar-refractivity contribution in [2.24, 2.45) is 0 Å². The van der Waals surface area contributed by atoms with Crippen LogP contribution in [0.2, 0.25) is 0 Å². The molecule has 0 unspecified atom stereocenters. The molecule has 1 N–H and O–H groups in total. The van der Waals surface area contributed by atoms with E-state index in [4.69, 9.17) is 4.74 Å². The summed E-state index contributed by atoms with van der Waals surface area (Å²) in [7, 11) is 1.62. The molecule has 4 aromatic rings. The van der Waals surface area contributed by atoms with Gasteiger partial charge in [-0.25, -0.2) is 0 Å². The quantitative estimate of drug-likeness (QED) is 0.299. The number of thioether (sulfide) groups is 1. The van der Waals surface area contributed by atoms with E-state index >= 15 is 0 Å². The second-order valence-electron chi connectivity index (χ2n) is 7.18. The average Bonchev–Trinajstić information content (AvgIpc) is 3.27. The maximum absolute atomic E-state index is 12.5. The highest BCUT2D eigenvalue weighted by molar-refractivity contribution is 7.99. The molecule has 0 saturated carbocycles. The number of nitrogens with zero attached hydrogens (tertiary/aromatic N) is 3. The fourth-order valence-electron chi connectivity index (χ4n) is 3.22. The summed E-state index contributed by atoms with van der Waals surface area (Å²) in [5.41, 5.74) is 3.01. The second kappa shape index (κ2) is 10.1. The average molecular weight is 459 g/mol. The Morgan fingerprint density at radius 1 is 0.939 bits per heavy atom. The highest BCUT2D eigenvalue weighted by Crippen LogP contribution is 2.29. The van der Waals surface area contributed by atoms with Crippen molar-refractivity contribution in [1.29, 1.82) is 0 Å². The van der Waals surface area contributed by atoms with E-state index in [1.807, 2.05) is 59.2 Å². The number of anilines is 1. The molecule has 3 aromatic carbocycles. The van der Waals surface area contributed by atoms with Gasteiger partial charge in [-0.2, -0.15) is 0 Å². The fraction of sp³-hybridized carbons (Fsp3) is 0.120. The SMILES string of the molecule is COc1ccc(-n2c(SCC(=O)Nc3ccc(C(C)=O)cc3)nnc2-c2ccccc2)cc1. The third-order valence-corrected chi connectivity index (χ3v) is 5.83. The van der Waals surface area contributed by atoms with Crippen molar-refractivity contribution in [3.8, 4) is 22.8 Å². The van der Waals surface area contributed by atoms with Crippen LogP contribution in [0.1, 0.15) is 17.3 Å². The number of Topliss-reactive ketones (excluding diaryl/α,β-unsaturated/α-hetero) is 1. The van der Waals surface area contributed by atoms with Crippen LogP contribution >= 0.6 is 11.8 Å². The first kappa shape index (κ1) is 22.3. The molecule has 0 saturated heterocycles. The van der Waals surface area contributed by atoms with Gasteiger partial charge in [0.05, 0.1) is 12.9 Å². The molecule has 0 aliphatic rings. The second-order valence-corrected chi connectivity index (χ2v) is 8.12. The number of nitrogens with one attached hydrogen (secondary N) is 1. The highest BCUT2D eigenvalue weighted by atomic mass is 32.2. The van der Waals surface area contributed by atoms with Gasteiger partial charge >= 0.3 is 0 Å². The monoisotopic (exact) mass is 458 g/mol. The number of hydrogen-bond acceptors (Lipinski definition) is 6. The summed E-state index contributed by atoms with van der Waals surface area (Å²) in [5.74, 6) is 1.38. The summed E-state index contributed by atoms with van der Waals surface area (Å²) in [6.07, 6.45) is 0. The van der Waals surface area contributed by atoms with Crippen LogP contribution in [-0.2, 0) is 4.79 Å². The number of aromatic nitrogens is 3. The number of benzene rings is 3. The Labute approximate surface area is 195 Å². The Kier molecular flexibility index (Phi) is 6.85. The first-order valence-electron chi connectivity index (χ1n) is 10.2. The van der Waals surface area contributed by atoms with Crippen molar-refractivity contribution in [3.63, 3.8) is 0 Å². The van der Waals surface area contributed by atoms with Crippen molar-refractivity contribution in [3.05, 3.63) is 84.4 Å². The molecular weight excluding hydrogens is 436 g/mol. The van der Waals surface area contributed by atoms with Gasteiger partial charge in [0.1, 0.15) is 5.75 Å². The summed E-state index contributed by atoms with van der Waals surface area (Å²) in [6.45, 7) is 1.51. The predicted octanol–water partition coefficient (Wildman–Crippen LogP) is 4.88. The van der Waals surface area contributed by atoms with Crippen LogP contribution < -0.4 is 10.1 Å². The van der Waals surface area contributed by atoms with E-state index in [2.05, 4.69) is 15.5 Å². The zero-order chi connectivity index (χ0) is 23.2. The molecule has 33 heavy (non-hydrogen) atoms. The molecule has 1 amide bonds. The van der Waals surface area contributed by atoms with E-state index in [9.17, 15) is 9.59 Å². The van der Waals surface area contributed by atoms with Gasteiger partial charge in [-0.05, 0) is 55.5 Å². The lowest BCUT2D eigenvalue weighted by atomic mass is 10.1. The number of carbonyl (C=O) groups excluding carboxylic acids is 2. The first-order chi connectivity index (χ1) is 16.0. The van der Waals surface area contributed by atoms with Crippen LogP contribution in [0.15, 0.2) is 84.0 Å². The van der Waals surface area contributed by atoms with Crippen molar-refractivity contribution in [2.75, 3.05) is 18.2 Å². The summed E-state index contributed by atoms with van der Waals surface area (Å²) in [5, 5.41) is 12.2. The predicted molar refractivity (Wildman–Crippen MR) is 129 cm³/mol. The van der Waals surface area contributed by atoms with E-state index in [1.54, 1.807) is 31.4 Å². The molecule has 8 heteroatoms. The van der Waals surface area contributed by atoms with E-state index in [1.165, 1.54) is 18.7 Å². The van der Waals surface area contributed by atoms with E-state index in [0.717, 1.165) is 17.0 Å². The van der Waals surface area contributed by atoms with Crippen LogP contribution in [0.25, 0.3) is 17.1 Å². The number of methoxy groups -OCH3 is 1. The molecule has 0 radical (unpaired) electrons. The van der Waals surface area contributed by atoms with Gasteiger partial charge in [-0.15, -0.1) is 10.2 Å². The third-order valence-electron chi connectivity index (χ3n) is 4.90. The summed E-state index contributed by atoms with van der Waals surface area (Å²) < 4.78 is 7.20. The normalized spacial score (nSPS) is 10.6. The number of rotatable bonds is 8. The molecule has 0 aliphatic carbocycles. The number of hydrogen-bond donors (Lipinski definition) is 1. The first-order valence-corrected chi connectivity index (χ1v) is 11.2. The molecule has 0 atom stereocenters. The maximum atomic E-state index is 12.5. The molecule has 0 aliphatic heterocycles. The van der Waals surface area contributed by atoms with Gasteiger partial charge < -0.3 is 10.1 Å². The minimum Gasteiger partial charge on any atom is -0.497 e. The number of carbonyl (C=O) groups is 2. The van der Waals surface area contributed by atoms with Crippen molar-refractivity contribution >= 4 is 29.1 Å². The van der Waals surface area contributed by atoms with Gasteiger partial charge in [0.2, 0.25) is 5.91 Å². The summed E-state index contributed by atoms with van der Waals surface area (Å²) in [6, 6.07) is 24.2. The Balaban J connectivity index is 1.55. The molecule has 1 heterocycles. The molecule has 0 fully saturated rings. The van der Waals surface area contributed by atoms with Gasteiger partial charge in [0.15, 0.2) is 16.8 Å². The number of amides is 1. The molecule has 4 rings (SSSR count). The standard InChI is InChI=1S/C25H22N4O3S/c1-17(30)18-8-10-20(11-9-18)26-23(31)16-33-25-28-27-24(19-6-4-3-5-7-19)29(25)21-12-14-22(32-2)15-13-21/h3-15H,16H2,1-2H3,(H,26,31).